The number of hydrogen-bond acceptors (Lipinski definition) is 2. The van der Waals surface area contributed by atoms with Crippen molar-refractivity contribution in [3.8, 4) is 5.69 Å². The fraction of sp³-hybridized carbons (Fsp3) is 0.385. The van der Waals surface area contributed by atoms with E-state index < -0.39 is 0 Å². The summed E-state index contributed by atoms with van der Waals surface area (Å²) < 4.78 is 2.21. The molecule has 5 rings (SSSR count). The van der Waals surface area contributed by atoms with Gasteiger partial charge in [-0.05, 0) is 74.8 Å². The topological polar surface area (TPSA) is 33.1 Å². The number of halogens is 2. The molecule has 0 spiro atoms. The quantitative estimate of drug-likeness (QED) is 0.388. The average molecular weight is 500 g/mol. The molecule has 3 aromatic rings. The van der Waals surface area contributed by atoms with Crippen LogP contribution < -0.4 is 5.32 Å². The van der Waals surface area contributed by atoms with Crippen LogP contribution in [0.4, 0.5) is 0 Å². The summed E-state index contributed by atoms with van der Waals surface area (Å²) in [6.07, 6.45) is 8.01. The molecular weight excluding hydrogens is 471 g/mol. The molecule has 4 nitrogen and oxygen atoms in total. The van der Waals surface area contributed by atoms with Crippen molar-refractivity contribution in [2.45, 2.75) is 64.1 Å². The summed E-state index contributed by atoms with van der Waals surface area (Å²) in [7, 11) is 0. The number of rotatable bonds is 4. The smallest absolute Gasteiger partial charge is 0.170 e. The largest absolute Gasteiger partial charge is 0.352 e. The van der Waals surface area contributed by atoms with E-state index in [4.69, 9.17) is 40.4 Å². The van der Waals surface area contributed by atoms with Crippen molar-refractivity contribution in [1.29, 1.82) is 0 Å². The molecule has 1 saturated heterocycles. The molecule has 172 valence electrons. The number of pyridine rings is 1. The molecule has 0 unspecified atom stereocenters. The third kappa shape index (κ3) is 4.05. The van der Waals surface area contributed by atoms with Crippen LogP contribution in [0.15, 0.2) is 48.7 Å². The van der Waals surface area contributed by atoms with E-state index in [1.165, 1.54) is 37.7 Å². The van der Waals surface area contributed by atoms with E-state index in [-0.39, 0.29) is 12.1 Å². The van der Waals surface area contributed by atoms with Crippen molar-refractivity contribution in [1.82, 2.24) is 19.8 Å². The number of thiocarbonyl (C=S) groups is 1. The van der Waals surface area contributed by atoms with Crippen molar-refractivity contribution in [2.24, 2.45) is 0 Å². The summed E-state index contributed by atoms with van der Waals surface area (Å²) in [6.45, 7) is 4.28. The number of nitrogens with zero attached hydrogens (tertiary/aromatic N) is 3. The van der Waals surface area contributed by atoms with Gasteiger partial charge < -0.3 is 14.8 Å². The third-order valence-electron chi connectivity index (χ3n) is 7.06. The Bertz CT molecular complexity index is 1170. The predicted molar refractivity (Wildman–Crippen MR) is 139 cm³/mol. The van der Waals surface area contributed by atoms with Crippen molar-refractivity contribution < 1.29 is 0 Å². The molecule has 2 atom stereocenters. The lowest BCUT2D eigenvalue weighted by Gasteiger charge is -2.37. The SMILES string of the molecule is Cc1cc([C@H]2[C@@H](c3ccccn3)NC(=S)N2C2CCCCC2)c(C)n1-c1cccc(Cl)c1Cl. The van der Waals surface area contributed by atoms with E-state index in [1.807, 2.05) is 36.5 Å². The molecule has 1 aromatic carbocycles. The van der Waals surface area contributed by atoms with Gasteiger partial charge in [0.15, 0.2) is 5.11 Å². The van der Waals surface area contributed by atoms with Gasteiger partial charge in [-0.15, -0.1) is 0 Å². The van der Waals surface area contributed by atoms with Crippen LogP contribution in [-0.2, 0) is 0 Å². The second kappa shape index (κ2) is 9.28. The highest BCUT2D eigenvalue weighted by atomic mass is 35.5. The van der Waals surface area contributed by atoms with Crippen LogP contribution in [0.3, 0.4) is 0 Å². The van der Waals surface area contributed by atoms with E-state index in [0.29, 0.717) is 16.1 Å². The molecule has 0 bridgehead atoms. The van der Waals surface area contributed by atoms with E-state index in [2.05, 4.69) is 40.8 Å². The number of hydrogen-bond donors (Lipinski definition) is 1. The molecular formula is C26H28Cl2N4S. The highest BCUT2D eigenvalue weighted by Crippen LogP contribution is 2.45. The predicted octanol–water partition coefficient (Wildman–Crippen LogP) is 7.10. The molecule has 2 aliphatic rings. The molecule has 1 saturated carbocycles. The first-order chi connectivity index (χ1) is 16.0. The molecule has 0 radical (unpaired) electrons. The maximum atomic E-state index is 6.63. The normalized spacial score (nSPS) is 21.5. The van der Waals surface area contributed by atoms with Gasteiger partial charge in [-0.25, -0.2) is 0 Å². The van der Waals surface area contributed by atoms with E-state index >= 15 is 0 Å². The third-order valence-corrected chi connectivity index (χ3v) is 8.20. The van der Waals surface area contributed by atoms with Gasteiger partial charge in [0.1, 0.15) is 0 Å². The lowest BCUT2D eigenvalue weighted by atomic mass is 9.90. The van der Waals surface area contributed by atoms with Crippen molar-refractivity contribution in [3.63, 3.8) is 0 Å². The number of nitrogens with one attached hydrogen (secondary N) is 1. The van der Waals surface area contributed by atoms with Gasteiger partial charge >= 0.3 is 0 Å². The second-order valence-electron chi connectivity index (χ2n) is 9.06. The summed E-state index contributed by atoms with van der Waals surface area (Å²) in [4.78, 5) is 7.16. The Hall–Kier alpha value is -2.08. The average Bonchev–Trinajstić information content (AvgIpc) is 3.32. The van der Waals surface area contributed by atoms with Crippen LogP contribution in [0.2, 0.25) is 10.0 Å². The number of benzene rings is 1. The minimum absolute atomic E-state index is 0.00981. The van der Waals surface area contributed by atoms with Crippen molar-refractivity contribution in [3.05, 3.63) is 81.4 Å². The van der Waals surface area contributed by atoms with Gasteiger partial charge in [0.25, 0.3) is 0 Å². The highest BCUT2D eigenvalue weighted by Gasteiger charge is 2.44. The van der Waals surface area contributed by atoms with E-state index in [9.17, 15) is 0 Å². The summed E-state index contributed by atoms with van der Waals surface area (Å²) in [5, 5.41) is 5.57. The van der Waals surface area contributed by atoms with Gasteiger partial charge in [-0.2, -0.15) is 0 Å². The first-order valence-electron chi connectivity index (χ1n) is 11.6. The summed E-state index contributed by atoms with van der Waals surface area (Å²) in [6, 6.07) is 14.6. The van der Waals surface area contributed by atoms with Crippen molar-refractivity contribution >= 4 is 40.5 Å². The Morgan fingerprint density at radius 3 is 2.55 bits per heavy atom. The van der Waals surface area contributed by atoms with Crippen LogP contribution >= 0.6 is 35.4 Å². The Balaban J connectivity index is 1.65. The fourth-order valence-electron chi connectivity index (χ4n) is 5.57. The molecule has 7 heteroatoms. The Labute approximate surface area is 210 Å². The molecule has 33 heavy (non-hydrogen) atoms. The summed E-state index contributed by atoms with van der Waals surface area (Å²) >= 11 is 18.9. The van der Waals surface area contributed by atoms with Crippen LogP contribution in [0.25, 0.3) is 5.69 Å². The second-order valence-corrected chi connectivity index (χ2v) is 10.2. The van der Waals surface area contributed by atoms with Crippen LogP contribution in [0, 0.1) is 13.8 Å². The Morgan fingerprint density at radius 1 is 1.03 bits per heavy atom. The molecule has 2 fully saturated rings. The first kappa shape index (κ1) is 22.7. The van der Waals surface area contributed by atoms with Crippen molar-refractivity contribution in [2.75, 3.05) is 0 Å². The van der Waals surface area contributed by atoms with Gasteiger partial charge in [-0.3, -0.25) is 4.98 Å². The van der Waals surface area contributed by atoms with Gasteiger partial charge in [-0.1, -0.05) is 54.6 Å². The van der Waals surface area contributed by atoms with Crippen LogP contribution in [0.1, 0.15) is 66.8 Å². The number of aryl methyl sites for hydroxylation is 1. The van der Waals surface area contributed by atoms with Crippen LogP contribution in [-0.4, -0.2) is 25.6 Å². The van der Waals surface area contributed by atoms with Gasteiger partial charge in [0, 0.05) is 23.6 Å². The maximum Gasteiger partial charge on any atom is 0.170 e. The Kier molecular flexibility index (Phi) is 6.39. The van der Waals surface area contributed by atoms with E-state index in [0.717, 1.165) is 27.9 Å². The minimum atomic E-state index is -0.00981. The maximum absolute atomic E-state index is 6.63. The summed E-state index contributed by atoms with van der Waals surface area (Å²) in [5.41, 5.74) is 5.42. The van der Waals surface area contributed by atoms with E-state index in [1.54, 1.807) is 0 Å². The standard InChI is InChI=1S/C26H28Cl2N4S/c1-16-15-19(17(2)31(16)22-13-8-11-20(27)23(22)28)25-24(21-12-6-7-14-29-21)30-26(33)32(25)18-9-4-3-5-10-18/h6-8,11-15,18,24-25H,3-5,9-10H2,1-2H3,(H,30,33)/t24-,25+/m1/s1. The lowest BCUT2D eigenvalue weighted by molar-refractivity contribution is 0.197. The zero-order valence-corrected chi connectivity index (χ0v) is 21.2. The fourth-order valence-corrected chi connectivity index (χ4v) is 6.34. The zero-order valence-electron chi connectivity index (χ0n) is 18.9. The zero-order chi connectivity index (χ0) is 23.1. The molecule has 2 aromatic heterocycles. The minimum Gasteiger partial charge on any atom is -0.352 e. The lowest BCUT2D eigenvalue weighted by Crippen LogP contribution is -2.40. The molecule has 3 heterocycles. The Morgan fingerprint density at radius 2 is 1.82 bits per heavy atom. The van der Waals surface area contributed by atoms with Gasteiger partial charge in [0.05, 0.1) is 33.5 Å². The van der Waals surface area contributed by atoms with Crippen LogP contribution in [0.5, 0.6) is 0 Å². The first-order valence-corrected chi connectivity index (χ1v) is 12.8. The molecule has 1 N–H and O–H groups in total. The van der Waals surface area contributed by atoms with Gasteiger partial charge in [0.2, 0.25) is 0 Å². The monoisotopic (exact) mass is 498 g/mol. The molecule has 1 aliphatic heterocycles. The highest BCUT2D eigenvalue weighted by molar-refractivity contribution is 7.80. The number of aromatic nitrogens is 2. The molecule has 0 amide bonds. The molecule has 1 aliphatic carbocycles. The summed E-state index contributed by atoms with van der Waals surface area (Å²) in [5.74, 6) is 0.